The number of anilines is 1. The van der Waals surface area contributed by atoms with Crippen molar-refractivity contribution >= 4 is 23.4 Å². The van der Waals surface area contributed by atoms with Gasteiger partial charge in [0.1, 0.15) is 17.3 Å². The van der Waals surface area contributed by atoms with Gasteiger partial charge in [-0.3, -0.25) is 19.8 Å². The van der Waals surface area contributed by atoms with E-state index in [2.05, 4.69) is 10.7 Å². The van der Waals surface area contributed by atoms with Crippen molar-refractivity contribution < 1.29 is 28.3 Å². The molecule has 9 nitrogen and oxygen atoms in total. The molecule has 4 rings (SSSR count). The molecule has 1 fully saturated rings. The average molecular weight is 449 g/mol. The number of benzene rings is 2. The van der Waals surface area contributed by atoms with Gasteiger partial charge in [0.15, 0.2) is 6.04 Å². The van der Waals surface area contributed by atoms with Crippen LogP contribution in [-0.4, -0.2) is 35.4 Å². The lowest BCUT2D eigenvalue weighted by atomic mass is 9.97. The van der Waals surface area contributed by atoms with Crippen LogP contribution >= 0.6 is 0 Å². The van der Waals surface area contributed by atoms with Crippen LogP contribution in [0, 0.1) is 0 Å². The summed E-state index contributed by atoms with van der Waals surface area (Å²) >= 11 is 0. The predicted molar refractivity (Wildman–Crippen MR) is 119 cm³/mol. The molecule has 3 amide bonds. The standard InChI is InChI=1S/C24H23N3O6/c1-3-31-20-14-16(25-15(2)28)11-12-18(20)23(29)26-27-21(19-10-7-13-32-19)22(24(27)30)33-17-8-5-4-6-9-17/h4-14,21-22H,3H2,1-2H3,(H,25,28)(H,26,29). The number of hydrogen-bond donors (Lipinski definition) is 2. The van der Waals surface area contributed by atoms with Gasteiger partial charge < -0.3 is 19.2 Å². The van der Waals surface area contributed by atoms with E-state index in [1.165, 1.54) is 24.3 Å². The van der Waals surface area contributed by atoms with Gasteiger partial charge in [-0.1, -0.05) is 18.2 Å². The Bertz CT molecular complexity index is 1150. The Balaban J connectivity index is 1.55. The van der Waals surface area contributed by atoms with E-state index in [-0.39, 0.29) is 17.2 Å². The van der Waals surface area contributed by atoms with Gasteiger partial charge in [0.2, 0.25) is 12.0 Å². The largest absolute Gasteiger partial charge is 0.493 e. The zero-order valence-electron chi connectivity index (χ0n) is 18.1. The van der Waals surface area contributed by atoms with Crippen LogP contribution in [0.15, 0.2) is 71.3 Å². The quantitative estimate of drug-likeness (QED) is 0.511. The van der Waals surface area contributed by atoms with Crippen LogP contribution < -0.4 is 20.2 Å². The lowest BCUT2D eigenvalue weighted by molar-refractivity contribution is -0.170. The third-order valence-electron chi connectivity index (χ3n) is 4.96. The number of carbonyl (C=O) groups is 3. The van der Waals surface area contributed by atoms with Gasteiger partial charge in [0.05, 0.1) is 18.4 Å². The fourth-order valence-corrected chi connectivity index (χ4v) is 3.52. The van der Waals surface area contributed by atoms with Gasteiger partial charge in [0.25, 0.3) is 11.8 Å². The summed E-state index contributed by atoms with van der Waals surface area (Å²) in [5.41, 5.74) is 3.34. The molecule has 0 spiro atoms. The van der Waals surface area contributed by atoms with Crippen molar-refractivity contribution in [3.63, 3.8) is 0 Å². The highest BCUT2D eigenvalue weighted by Crippen LogP contribution is 2.37. The summed E-state index contributed by atoms with van der Waals surface area (Å²) in [7, 11) is 0. The van der Waals surface area contributed by atoms with Crippen LogP contribution in [-0.2, 0) is 9.59 Å². The fraction of sp³-hybridized carbons (Fsp3) is 0.208. The van der Waals surface area contributed by atoms with Crippen LogP contribution in [0.5, 0.6) is 11.5 Å². The molecule has 9 heteroatoms. The molecule has 2 heterocycles. The molecule has 2 unspecified atom stereocenters. The molecule has 33 heavy (non-hydrogen) atoms. The van der Waals surface area contributed by atoms with Gasteiger partial charge in [-0.25, -0.2) is 5.01 Å². The number of nitrogens with one attached hydrogen (secondary N) is 2. The minimum atomic E-state index is -0.854. The highest BCUT2D eigenvalue weighted by Gasteiger charge is 2.53. The Morgan fingerprint density at radius 3 is 2.55 bits per heavy atom. The summed E-state index contributed by atoms with van der Waals surface area (Å²) in [5, 5.41) is 3.84. The number of rotatable bonds is 8. The van der Waals surface area contributed by atoms with Gasteiger partial charge in [-0.2, -0.15) is 0 Å². The van der Waals surface area contributed by atoms with Gasteiger partial charge in [-0.05, 0) is 43.3 Å². The number of amides is 3. The number of β-lactam (4-membered cyclic amide) rings is 1. The van der Waals surface area contributed by atoms with Crippen LogP contribution in [0.2, 0.25) is 0 Å². The first-order valence-electron chi connectivity index (χ1n) is 10.4. The van der Waals surface area contributed by atoms with Crippen LogP contribution in [0.3, 0.4) is 0 Å². The maximum absolute atomic E-state index is 13.1. The number of hydrogen-bond acceptors (Lipinski definition) is 6. The summed E-state index contributed by atoms with van der Waals surface area (Å²) in [5.74, 6) is 0.0807. The van der Waals surface area contributed by atoms with Crippen molar-refractivity contribution in [3.05, 3.63) is 78.3 Å². The van der Waals surface area contributed by atoms with Crippen molar-refractivity contribution in [2.75, 3.05) is 11.9 Å². The summed E-state index contributed by atoms with van der Waals surface area (Å²) in [6.45, 7) is 3.48. The Kier molecular flexibility index (Phi) is 6.30. The summed E-state index contributed by atoms with van der Waals surface area (Å²) < 4.78 is 16.9. The summed E-state index contributed by atoms with van der Waals surface area (Å²) in [6, 6.07) is 16.4. The molecular formula is C24H23N3O6. The zero-order chi connectivity index (χ0) is 23.4. The molecule has 2 N–H and O–H groups in total. The first-order chi connectivity index (χ1) is 16.0. The molecule has 1 aliphatic rings. The predicted octanol–water partition coefficient (Wildman–Crippen LogP) is 3.31. The van der Waals surface area contributed by atoms with Crippen molar-refractivity contribution in [2.45, 2.75) is 26.0 Å². The zero-order valence-corrected chi connectivity index (χ0v) is 18.1. The number of ether oxygens (including phenoxy) is 2. The number of nitrogens with zero attached hydrogens (tertiary/aromatic N) is 1. The van der Waals surface area contributed by atoms with E-state index in [0.717, 1.165) is 0 Å². The number of hydrazine groups is 1. The highest BCUT2D eigenvalue weighted by molar-refractivity contribution is 6.00. The SMILES string of the molecule is CCOc1cc(NC(C)=O)ccc1C(=O)NN1C(=O)C(Oc2ccccc2)C1c1ccco1. The number of furan rings is 1. The van der Waals surface area contributed by atoms with E-state index in [0.29, 0.717) is 23.8 Å². The minimum Gasteiger partial charge on any atom is -0.493 e. The Hall–Kier alpha value is -4.27. The first kappa shape index (κ1) is 21.9. The normalized spacial score (nSPS) is 17.2. The topological polar surface area (TPSA) is 110 Å². The highest BCUT2D eigenvalue weighted by atomic mass is 16.5. The summed E-state index contributed by atoms with van der Waals surface area (Å²) in [4.78, 5) is 37.3. The Morgan fingerprint density at radius 1 is 1.09 bits per heavy atom. The molecule has 1 aromatic heterocycles. The van der Waals surface area contributed by atoms with Gasteiger partial charge in [0, 0.05) is 18.7 Å². The van der Waals surface area contributed by atoms with Crippen molar-refractivity contribution in [3.8, 4) is 11.5 Å². The first-order valence-corrected chi connectivity index (χ1v) is 10.4. The van der Waals surface area contributed by atoms with Gasteiger partial charge >= 0.3 is 0 Å². The summed E-state index contributed by atoms with van der Waals surface area (Å²) in [6.07, 6.45) is 0.637. The van der Waals surface area contributed by atoms with E-state index in [1.54, 1.807) is 55.5 Å². The molecule has 0 bridgehead atoms. The van der Waals surface area contributed by atoms with Crippen molar-refractivity contribution in [1.82, 2.24) is 10.4 Å². The van der Waals surface area contributed by atoms with Gasteiger partial charge in [-0.15, -0.1) is 0 Å². The van der Waals surface area contributed by atoms with Crippen LogP contribution in [0.25, 0.3) is 0 Å². The van der Waals surface area contributed by atoms with Crippen molar-refractivity contribution in [1.29, 1.82) is 0 Å². The molecule has 1 aliphatic heterocycles. The maximum Gasteiger partial charge on any atom is 0.285 e. The molecule has 0 aliphatic carbocycles. The smallest absolute Gasteiger partial charge is 0.285 e. The molecule has 2 atom stereocenters. The van der Waals surface area contributed by atoms with Crippen LogP contribution in [0.1, 0.15) is 36.0 Å². The molecule has 2 aromatic carbocycles. The minimum absolute atomic E-state index is 0.212. The number of para-hydroxylation sites is 1. The second kappa shape index (κ2) is 9.47. The second-order valence-electron chi connectivity index (χ2n) is 7.29. The average Bonchev–Trinajstić information content (AvgIpc) is 3.32. The third-order valence-corrected chi connectivity index (χ3v) is 4.96. The monoisotopic (exact) mass is 449 g/mol. The van der Waals surface area contributed by atoms with E-state index >= 15 is 0 Å². The third kappa shape index (κ3) is 4.67. The molecule has 1 saturated heterocycles. The van der Waals surface area contributed by atoms with E-state index in [4.69, 9.17) is 13.9 Å². The van der Waals surface area contributed by atoms with E-state index in [1.807, 2.05) is 6.07 Å². The van der Waals surface area contributed by atoms with Crippen molar-refractivity contribution in [2.24, 2.45) is 0 Å². The number of carbonyl (C=O) groups excluding carboxylic acids is 3. The van der Waals surface area contributed by atoms with Crippen LogP contribution in [0.4, 0.5) is 5.69 Å². The Labute approximate surface area is 190 Å². The lowest BCUT2D eigenvalue weighted by Gasteiger charge is -2.44. The van der Waals surface area contributed by atoms with E-state index in [9.17, 15) is 14.4 Å². The Morgan fingerprint density at radius 2 is 1.88 bits per heavy atom. The molecule has 0 radical (unpaired) electrons. The lowest BCUT2D eigenvalue weighted by Crippen LogP contribution is -2.66. The molecule has 0 saturated carbocycles. The fourth-order valence-electron chi connectivity index (χ4n) is 3.52. The second-order valence-corrected chi connectivity index (χ2v) is 7.29. The molecule has 3 aromatic rings. The maximum atomic E-state index is 13.1. The van der Waals surface area contributed by atoms with E-state index < -0.39 is 24.0 Å². The molecule has 170 valence electrons. The molecular weight excluding hydrogens is 426 g/mol.